The highest BCUT2D eigenvalue weighted by Gasteiger charge is 2.09. The van der Waals surface area contributed by atoms with E-state index in [0.29, 0.717) is 10.8 Å². The molecule has 0 aliphatic carbocycles. The standard InChI is InChI=1S/C20H14BrClN2O2/c21-12-5-8-19(16(22)9-12)26-11-20(25)23-13-6-7-18-15(10-13)14-3-1-2-4-17(14)24-18/h1-10,24H,11H2,(H,23,25). The molecule has 1 aromatic heterocycles. The van der Waals surface area contributed by atoms with Gasteiger partial charge in [-0.2, -0.15) is 0 Å². The Morgan fingerprint density at radius 1 is 1.04 bits per heavy atom. The van der Waals surface area contributed by atoms with Crippen LogP contribution in [0.15, 0.2) is 65.1 Å². The van der Waals surface area contributed by atoms with E-state index in [1.807, 2.05) is 42.5 Å². The van der Waals surface area contributed by atoms with E-state index in [9.17, 15) is 4.79 Å². The third-order valence-corrected chi connectivity index (χ3v) is 4.83. The van der Waals surface area contributed by atoms with E-state index in [2.05, 4.69) is 32.3 Å². The van der Waals surface area contributed by atoms with Crippen LogP contribution in [-0.2, 0) is 4.79 Å². The fourth-order valence-corrected chi connectivity index (χ4v) is 3.59. The minimum Gasteiger partial charge on any atom is -0.482 e. The molecule has 0 saturated carbocycles. The predicted octanol–water partition coefficient (Wildman–Crippen LogP) is 5.75. The van der Waals surface area contributed by atoms with Crippen molar-refractivity contribution in [1.29, 1.82) is 0 Å². The van der Waals surface area contributed by atoms with Gasteiger partial charge in [-0.1, -0.05) is 45.7 Å². The summed E-state index contributed by atoms with van der Waals surface area (Å²) in [6.07, 6.45) is 0. The first-order chi connectivity index (χ1) is 12.6. The summed E-state index contributed by atoms with van der Waals surface area (Å²) < 4.78 is 6.35. The zero-order valence-corrected chi connectivity index (χ0v) is 15.9. The van der Waals surface area contributed by atoms with Gasteiger partial charge < -0.3 is 15.0 Å². The number of ether oxygens (including phenoxy) is 1. The predicted molar refractivity (Wildman–Crippen MR) is 109 cm³/mol. The van der Waals surface area contributed by atoms with Gasteiger partial charge in [0, 0.05) is 32.0 Å². The second kappa shape index (κ2) is 7.02. The fourth-order valence-electron chi connectivity index (χ4n) is 2.86. The highest BCUT2D eigenvalue weighted by molar-refractivity contribution is 9.10. The molecule has 0 atom stereocenters. The summed E-state index contributed by atoms with van der Waals surface area (Å²) in [5, 5.41) is 5.50. The molecule has 0 unspecified atom stereocenters. The maximum Gasteiger partial charge on any atom is 0.262 e. The third kappa shape index (κ3) is 3.41. The number of carbonyl (C=O) groups is 1. The molecule has 4 nitrogen and oxygen atoms in total. The zero-order valence-electron chi connectivity index (χ0n) is 13.6. The fraction of sp³-hybridized carbons (Fsp3) is 0.0500. The van der Waals surface area contributed by atoms with E-state index < -0.39 is 0 Å². The van der Waals surface area contributed by atoms with Gasteiger partial charge in [0.05, 0.1) is 5.02 Å². The average molecular weight is 430 g/mol. The van der Waals surface area contributed by atoms with Crippen molar-refractivity contribution >= 4 is 60.9 Å². The number of H-pyrrole nitrogens is 1. The van der Waals surface area contributed by atoms with E-state index in [-0.39, 0.29) is 12.5 Å². The minimum atomic E-state index is -0.247. The largest absolute Gasteiger partial charge is 0.482 e. The molecule has 0 bridgehead atoms. The van der Waals surface area contributed by atoms with Crippen LogP contribution in [0, 0.1) is 0 Å². The Balaban J connectivity index is 1.49. The topological polar surface area (TPSA) is 54.1 Å². The molecule has 26 heavy (non-hydrogen) atoms. The SMILES string of the molecule is O=C(COc1ccc(Br)cc1Cl)Nc1ccc2[nH]c3ccccc3c2c1. The first kappa shape index (κ1) is 16.9. The van der Waals surface area contributed by atoms with Crippen LogP contribution in [0.5, 0.6) is 5.75 Å². The van der Waals surface area contributed by atoms with Gasteiger partial charge in [-0.3, -0.25) is 4.79 Å². The number of halogens is 2. The number of hydrogen-bond acceptors (Lipinski definition) is 2. The van der Waals surface area contributed by atoms with Crippen LogP contribution >= 0.6 is 27.5 Å². The Morgan fingerprint density at radius 2 is 1.85 bits per heavy atom. The van der Waals surface area contributed by atoms with Crippen molar-refractivity contribution in [3.8, 4) is 5.75 Å². The number of aromatic amines is 1. The zero-order chi connectivity index (χ0) is 18.1. The monoisotopic (exact) mass is 428 g/mol. The van der Waals surface area contributed by atoms with Crippen LogP contribution in [-0.4, -0.2) is 17.5 Å². The lowest BCUT2D eigenvalue weighted by molar-refractivity contribution is -0.118. The summed E-state index contributed by atoms with van der Waals surface area (Å²) in [5.74, 6) is 0.222. The Kier molecular flexibility index (Phi) is 4.57. The van der Waals surface area contributed by atoms with E-state index in [0.717, 1.165) is 32.0 Å². The number of carbonyl (C=O) groups excluding carboxylic acids is 1. The maximum atomic E-state index is 12.2. The molecule has 6 heteroatoms. The maximum absolute atomic E-state index is 12.2. The molecule has 2 N–H and O–H groups in total. The normalized spacial score (nSPS) is 11.0. The van der Waals surface area contributed by atoms with Crippen molar-refractivity contribution in [3.05, 3.63) is 70.2 Å². The summed E-state index contributed by atoms with van der Waals surface area (Å²) >= 11 is 9.42. The molecule has 1 amide bonds. The molecule has 3 aromatic carbocycles. The molecular weight excluding hydrogens is 416 g/mol. The Labute approximate surface area is 163 Å². The smallest absolute Gasteiger partial charge is 0.262 e. The van der Waals surface area contributed by atoms with Crippen molar-refractivity contribution in [2.45, 2.75) is 0 Å². The second-order valence-corrected chi connectivity index (χ2v) is 7.17. The molecule has 0 fully saturated rings. The minimum absolute atomic E-state index is 0.118. The number of hydrogen-bond donors (Lipinski definition) is 2. The van der Waals surface area contributed by atoms with Crippen LogP contribution < -0.4 is 10.1 Å². The number of benzene rings is 3. The first-order valence-corrected chi connectivity index (χ1v) is 9.15. The summed E-state index contributed by atoms with van der Waals surface area (Å²) in [6.45, 7) is -0.118. The Bertz CT molecular complexity index is 1120. The number of aromatic nitrogens is 1. The Morgan fingerprint density at radius 3 is 2.69 bits per heavy atom. The van der Waals surface area contributed by atoms with Crippen molar-refractivity contribution in [1.82, 2.24) is 4.98 Å². The average Bonchev–Trinajstić information content (AvgIpc) is 2.99. The number of fused-ring (bicyclic) bond motifs is 3. The summed E-state index contributed by atoms with van der Waals surface area (Å²) in [5.41, 5.74) is 2.82. The summed E-state index contributed by atoms with van der Waals surface area (Å²) in [7, 11) is 0. The van der Waals surface area contributed by atoms with Gasteiger partial charge in [-0.15, -0.1) is 0 Å². The number of nitrogens with one attached hydrogen (secondary N) is 2. The third-order valence-electron chi connectivity index (χ3n) is 4.04. The Hall–Kier alpha value is -2.50. The molecular formula is C20H14BrClN2O2. The highest BCUT2D eigenvalue weighted by Crippen LogP contribution is 2.29. The lowest BCUT2D eigenvalue weighted by atomic mass is 10.1. The molecule has 0 aliphatic heterocycles. The van der Waals surface area contributed by atoms with Gasteiger partial charge in [-0.25, -0.2) is 0 Å². The van der Waals surface area contributed by atoms with E-state index in [1.54, 1.807) is 12.1 Å². The van der Waals surface area contributed by atoms with Gasteiger partial charge in [0.1, 0.15) is 5.75 Å². The van der Waals surface area contributed by atoms with Crippen molar-refractivity contribution < 1.29 is 9.53 Å². The number of rotatable bonds is 4. The van der Waals surface area contributed by atoms with Crippen molar-refractivity contribution in [2.75, 3.05) is 11.9 Å². The van der Waals surface area contributed by atoms with Crippen LogP contribution in [0.3, 0.4) is 0 Å². The van der Waals surface area contributed by atoms with Gasteiger partial charge in [0.15, 0.2) is 6.61 Å². The molecule has 0 spiro atoms. The number of anilines is 1. The van der Waals surface area contributed by atoms with Gasteiger partial charge in [0.2, 0.25) is 0 Å². The van der Waals surface area contributed by atoms with E-state index >= 15 is 0 Å². The molecule has 4 aromatic rings. The molecule has 0 radical (unpaired) electrons. The molecule has 1 heterocycles. The van der Waals surface area contributed by atoms with Crippen LogP contribution in [0.25, 0.3) is 21.8 Å². The summed E-state index contributed by atoms with van der Waals surface area (Å²) in [6, 6.07) is 19.1. The molecule has 0 saturated heterocycles. The molecule has 130 valence electrons. The lowest BCUT2D eigenvalue weighted by Gasteiger charge is -2.09. The molecule has 0 aliphatic rings. The highest BCUT2D eigenvalue weighted by atomic mass is 79.9. The van der Waals surface area contributed by atoms with Crippen LogP contribution in [0.2, 0.25) is 5.02 Å². The van der Waals surface area contributed by atoms with Crippen LogP contribution in [0.4, 0.5) is 5.69 Å². The van der Waals surface area contributed by atoms with Crippen molar-refractivity contribution in [3.63, 3.8) is 0 Å². The molecule has 4 rings (SSSR count). The van der Waals surface area contributed by atoms with Crippen molar-refractivity contribution in [2.24, 2.45) is 0 Å². The van der Waals surface area contributed by atoms with Gasteiger partial charge in [0.25, 0.3) is 5.91 Å². The second-order valence-electron chi connectivity index (χ2n) is 5.84. The number of amides is 1. The van der Waals surface area contributed by atoms with E-state index in [1.165, 1.54) is 0 Å². The first-order valence-electron chi connectivity index (χ1n) is 7.98. The van der Waals surface area contributed by atoms with Gasteiger partial charge in [-0.05, 0) is 42.5 Å². The summed E-state index contributed by atoms with van der Waals surface area (Å²) in [4.78, 5) is 15.6. The number of para-hydroxylation sites is 1. The van der Waals surface area contributed by atoms with Crippen LogP contribution in [0.1, 0.15) is 0 Å². The van der Waals surface area contributed by atoms with Gasteiger partial charge >= 0.3 is 0 Å². The lowest BCUT2D eigenvalue weighted by Crippen LogP contribution is -2.20. The van der Waals surface area contributed by atoms with E-state index in [4.69, 9.17) is 16.3 Å². The quantitative estimate of drug-likeness (QED) is 0.434.